The first-order valence-corrected chi connectivity index (χ1v) is 6.06. The van der Waals surface area contributed by atoms with Crippen LogP contribution in [0.4, 0.5) is 0 Å². The van der Waals surface area contributed by atoms with Crippen LogP contribution in [0.15, 0.2) is 4.99 Å². The summed E-state index contributed by atoms with van der Waals surface area (Å²) in [4.78, 5) is 17.9. The lowest BCUT2D eigenvalue weighted by atomic mass is 10.2. The average molecular weight is 224 g/mol. The van der Waals surface area contributed by atoms with Gasteiger partial charge in [-0.15, -0.1) is 0 Å². The molecule has 0 spiro atoms. The number of hydrogen-bond acceptors (Lipinski definition) is 2. The van der Waals surface area contributed by atoms with Crippen LogP contribution in [-0.2, 0) is 4.79 Å². The van der Waals surface area contributed by atoms with Crippen LogP contribution in [0.2, 0.25) is 0 Å². The Morgan fingerprint density at radius 2 is 2.19 bits per heavy atom. The van der Waals surface area contributed by atoms with Gasteiger partial charge in [0, 0.05) is 13.1 Å². The summed E-state index contributed by atoms with van der Waals surface area (Å²) in [5, 5.41) is 2.82. The van der Waals surface area contributed by atoms with Crippen LogP contribution < -0.4 is 11.1 Å². The van der Waals surface area contributed by atoms with Gasteiger partial charge in [-0.25, -0.2) is 4.99 Å². The molecule has 2 rings (SSSR count). The van der Waals surface area contributed by atoms with Crippen molar-refractivity contribution in [3.05, 3.63) is 0 Å². The van der Waals surface area contributed by atoms with E-state index in [4.69, 9.17) is 5.73 Å². The fraction of sp³-hybridized carbons (Fsp3) is 0.818. The molecule has 1 heterocycles. The monoisotopic (exact) mass is 224 g/mol. The van der Waals surface area contributed by atoms with E-state index in [1.165, 1.54) is 12.8 Å². The number of rotatable bonds is 1. The molecule has 5 heteroatoms. The summed E-state index contributed by atoms with van der Waals surface area (Å²) >= 11 is 0. The van der Waals surface area contributed by atoms with E-state index in [0.717, 1.165) is 19.4 Å². The number of nitrogens with one attached hydrogen (secondary N) is 1. The van der Waals surface area contributed by atoms with Crippen LogP contribution in [0, 0.1) is 0 Å². The van der Waals surface area contributed by atoms with E-state index in [0.29, 0.717) is 18.5 Å². The van der Waals surface area contributed by atoms with Gasteiger partial charge in [-0.05, 0) is 19.8 Å². The Balaban J connectivity index is 2.01. The van der Waals surface area contributed by atoms with Crippen molar-refractivity contribution in [2.75, 3.05) is 13.1 Å². The molecule has 16 heavy (non-hydrogen) atoms. The molecule has 1 aliphatic carbocycles. The molecule has 90 valence electrons. The lowest BCUT2D eigenvalue weighted by Gasteiger charge is -2.33. The number of piperazine rings is 1. The SMILES string of the molecule is CC1C(=O)NCCN1C(N)=NC1CCCC1. The van der Waals surface area contributed by atoms with Gasteiger partial charge in [-0.2, -0.15) is 0 Å². The van der Waals surface area contributed by atoms with E-state index in [9.17, 15) is 4.79 Å². The third kappa shape index (κ3) is 2.28. The van der Waals surface area contributed by atoms with Gasteiger partial charge >= 0.3 is 0 Å². The predicted octanol–water partition coefficient (Wildman–Crippen LogP) is 0.0640. The number of carbonyl (C=O) groups is 1. The number of nitrogens with two attached hydrogens (primary N) is 1. The van der Waals surface area contributed by atoms with Gasteiger partial charge in [0.2, 0.25) is 5.91 Å². The Bertz CT molecular complexity index is 296. The van der Waals surface area contributed by atoms with Crippen LogP contribution in [0.5, 0.6) is 0 Å². The molecule has 1 saturated carbocycles. The summed E-state index contributed by atoms with van der Waals surface area (Å²) in [5.41, 5.74) is 5.98. The topological polar surface area (TPSA) is 70.7 Å². The molecule has 1 amide bonds. The summed E-state index contributed by atoms with van der Waals surface area (Å²) in [6, 6.07) is 0.177. The van der Waals surface area contributed by atoms with Crippen LogP contribution >= 0.6 is 0 Å². The highest BCUT2D eigenvalue weighted by atomic mass is 16.2. The van der Waals surface area contributed by atoms with Crippen molar-refractivity contribution in [2.45, 2.75) is 44.7 Å². The van der Waals surface area contributed by atoms with Crippen molar-refractivity contribution in [1.29, 1.82) is 0 Å². The summed E-state index contributed by atoms with van der Waals surface area (Å²) in [7, 11) is 0. The fourth-order valence-corrected chi connectivity index (χ4v) is 2.39. The number of carbonyl (C=O) groups excluding carboxylic acids is 1. The maximum Gasteiger partial charge on any atom is 0.242 e. The summed E-state index contributed by atoms with van der Waals surface area (Å²) in [6.07, 6.45) is 4.76. The highest BCUT2D eigenvalue weighted by Crippen LogP contribution is 2.21. The first-order valence-electron chi connectivity index (χ1n) is 6.06. The van der Waals surface area contributed by atoms with Crippen molar-refractivity contribution in [3.63, 3.8) is 0 Å². The van der Waals surface area contributed by atoms with Crippen molar-refractivity contribution in [2.24, 2.45) is 10.7 Å². The minimum absolute atomic E-state index is 0.0378. The average Bonchev–Trinajstić information content (AvgIpc) is 2.74. The molecule has 2 aliphatic rings. The fourth-order valence-electron chi connectivity index (χ4n) is 2.39. The number of guanidine groups is 1. The quantitative estimate of drug-likeness (QED) is 0.489. The molecule has 2 fully saturated rings. The number of aliphatic imine (C=N–C) groups is 1. The lowest BCUT2D eigenvalue weighted by molar-refractivity contribution is -0.126. The maximum absolute atomic E-state index is 11.5. The van der Waals surface area contributed by atoms with Crippen molar-refractivity contribution in [1.82, 2.24) is 10.2 Å². The minimum atomic E-state index is -0.195. The van der Waals surface area contributed by atoms with Crippen molar-refractivity contribution >= 4 is 11.9 Å². The molecule has 1 saturated heterocycles. The highest BCUT2D eigenvalue weighted by Gasteiger charge is 2.27. The molecule has 0 radical (unpaired) electrons. The first-order chi connectivity index (χ1) is 7.68. The normalized spacial score (nSPS) is 28.3. The van der Waals surface area contributed by atoms with E-state index in [1.54, 1.807) is 0 Å². The van der Waals surface area contributed by atoms with Crippen LogP contribution in [0.25, 0.3) is 0 Å². The molecule has 1 atom stereocenters. The van der Waals surface area contributed by atoms with Crippen LogP contribution in [0.3, 0.4) is 0 Å². The molecule has 0 bridgehead atoms. The Labute approximate surface area is 96.1 Å². The molecule has 1 unspecified atom stereocenters. The minimum Gasteiger partial charge on any atom is -0.370 e. The van der Waals surface area contributed by atoms with Crippen LogP contribution in [0.1, 0.15) is 32.6 Å². The molecule has 0 aromatic heterocycles. The largest absolute Gasteiger partial charge is 0.370 e. The van der Waals surface area contributed by atoms with Crippen molar-refractivity contribution in [3.8, 4) is 0 Å². The Kier molecular flexibility index (Phi) is 3.31. The van der Waals surface area contributed by atoms with E-state index in [-0.39, 0.29) is 11.9 Å². The number of nitrogens with zero attached hydrogens (tertiary/aromatic N) is 2. The smallest absolute Gasteiger partial charge is 0.242 e. The highest BCUT2D eigenvalue weighted by molar-refractivity contribution is 5.89. The zero-order chi connectivity index (χ0) is 11.5. The number of amides is 1. The van der Waals surface area contributed by atoms with E-state index in [1.807, 2.05) is 11.8 Å². The Hall–Kier alpha value is -1.26. The van der Waals surface area contributed by atoms with Crippen LogP contribution in [-0.4, -0.2) is 41.9 Å². The third-order valence-corrected chi connectivity index (χ3v) is 3.43. The summed E-state index contributed by atoms with van der Waals surface area (Å²) < 4.78 is 0. The third-order valence-electron chi connectivity index (χ3n) is 3.43. The van der Waals surface area contributed by atoms with Gasteiger partial charge in [-0.3, -0.25) is 4.79 Å². The van der Waals surface area contributed by atoms with Gasteiger partial charge in [0.05, 0.1) is 6.04 Å². The Morgan fingerprint density at radius 1 is 1.50 bits per heavy atom. The standard InChI is InChI=1S/C11H20N4O/c1-8-10(16)13-6-7-15(8)11(12)14-9-4-2-3-5-9/h8-9H,2-7H2,1H3,(H2,12,14)(H,13,16). The van der Waals surface area contributed by atoms with E-state index in [2.05, 4.69) is 10.3 Å². The molecular weight excluding hydrogens is 204 g/mol. The maximum atomic E-state index is 11.5. The molecular formula is C11H20N4O. The predicted molar refractivity (Wildman–Crippen MR) is 63.1 cm³/mol. The summed E-state index contributed by atoms with van der Waals surface area (Å²) in [6.45, 7) is 3.28. The molecule has 5 nitrogen and oxygen atoms in total. The zero-order valence-electron chi connectivity index (χ0n) is 9.78. The second-order valence-electron chi connectivity index (χ2n) is 4.59. The van der Waals surface area contributed by atoms with Gasteiger partial charge in [0.15, 0.2) is 5.96 Å². The lowest BCUT2D eigenvalue weighted by Crippen LogP contribution is -2.58. The van der Waals surface area contributed by atoms with Gasteiger partial charge in [0.25, 0.3) is 0 Å². The van der Waals surface area contributed by atoms with E-state index < -0.39 is 0 Å². The molecule has 1 aliphatic heterocycles. The van der Waals surface area contributed by atoms with Crippen molar-refractivity contribution < 1.29 is 4.79 Å². The second kappa shape index (κ2) is 4.72. The molecule has 3 N–H and O–H groups in total. The second-order valence-corrected chi connectivity index (χ2v) is 4.59. The molecule has 0 aromatic rings. The Morgan fingerprint density at radius 3 is 2.88 bits per heavy atom. The zero-order valence-corrected chi connectivity index (χ0v) is 9.78. The van der Waals surface area contributed by atoms with Gasteiger partial charge in [-0.1, -0.05) is 12.8 Å². The summed E-state index contributed by atoms with van der Waals surface area (Å²) in [5.74, 6) is 0.574. The number of hydrogen-bond donors (Lipinski definition) is 2. The van der Waals surface area contributed by atoms with Gasteiger partial charge < -0.3 is 16.0 Å². The molecule has 0 aromatic carbocycles. The first kappa shape index (κ1) is 11.2. The van der Waals surface area contributed by atoms with Gasteiger partial charge in [0.1, 0.15) is 6.04 Å². The van der Waals surface area contributed by atoms with E-state index >= 15 is 0 Å².